The Bertz CT molecular complexity index is 565. The quantitative estimate of drug-likeness (QED) is 0.565. The fourth-order valence-corrected chi connectivity index (χ4v) is 1.76. The second-order valence-corrected chi connectivity index (χ2v) is 4.16. The van der Waals surface area contributed by atoms with Gasteiger partial charge in [-0.3, -0.25) is 5.41 Å². The third-order valence-electron chi connectivity index (χ3n) is 2.81. The second kappa shape index (κ2) is 6.02. The van der Waals surface area contributed by atoms with Crippen LogP contribution in [0.5, 0.6) is 5.75 Å². The zero-order valence-corrected chi connectivity index (χ0v) is 10.5. The van der Waals surface area contributed by atoms with Crippen molar-refractivity contribution in [3.8, 4) is 5.75 Å². The van der Waals surface area contributed by atoms with Crippen LogP contribution in [0.1, 0.15) is 16.7 Å². The molecule has 0 saturated carbocycles. The summed E-state index contributed by atoms with van der Waals surface area (Å²) in [7, 11) is 0. The molecule has 0 bridgehead atoms. The standard InChI is InChI=1S/C15H16N2O2/c16-15(17)14-4-2-1-3-12(14)10-19-13-7-5-11(9-18)6-8-13/h1-8,18H,9-10H2,(H3,16,17). The molecular weight excluding hydrogens is 240 g/mol. The van der Waals surface area contributed by atoms with Gasteiger partial charge >= 0.3 is 0 Å². The van der Waals surface area contributed by atoms with Gasteiger partial charge in [-0.15, -0.1) is 0 Å². The minimum Gasteiger partial charge on any atom is -0.489 e. The van der Waals surface area contributed by atoms with E-state index in [2.05, 4.69) is 0 Å². The predicted molar refractivity (Wildman–Crippen MR) is 74.2 cm³/mol. The van der Waals surface area contributed by atoms with Crippen molar-refractivity contribution in [2.45, 2.75) is 13.2 Å². The minimum atomic E-state index is 0.0213. The maximum absolute atomic E-state index is 8.96. The van der Waals surface area contributed by atoms with Gasteiger partial charge in [-0.05, 0) is 17.7 Å². The predicted octanol–water partition coefficient (Wildman–Crippen LogP) is 2.04. The van der Waals surface area contributed by atoms with Crippen molar-refractivity contribution in [3.63, 3.8) is 0 Å². The lowest BCUT2D eigenvalue weighted by atomic mass is 10.1. The smallest absolute Gasteiger partial charge is 0.123 e. The molecule has 19 heavy (non-hydrogen) atoms. The van der Waals surface area contributed by atoms with Gasteiger partial charge in [0, 0.05) is 11.1 Å². The molecule has 0 aromatic heterocycles. The van der Waals surface area contributed by atoms with E-state index in [0.29, 0.717) is 12.2 Å². The molecule has 2 aromatic rings. The van der Waals surface area contributed by atoms with Crippen LogP contribution in [0.25, 0.3) is 0 Å². The Balaban J connectivity index is 2.07. The van der Waals surface area contributed by atoms with Gasteiger partial charge in [0.25, 0.3) is 0 Å². The lowest BCUT2D eigenvalue weighted by molar-refractivity contribution is 0.280. The maximum atomic E-state index is 8.96. The highest BCUT2D eigenvalue weighted by Crippen LogP contribution is 2.16. The molecule has 0 aliphatic rings. The number of nitrogens with one attached hydrogen (secondary N) is 1. The van der Waals surface area contributed by atoms with E-state index in [1.54, 1.807) is 6.07 Å². The summed E-state index contributed by atoms with van der Waals surface area (Å²) in [5.41, 5.74) is 7.93. The van der Waals surface area contributed by atoms with Crippen LogP contribution in [0, 0.1) is 5.41 Å². The number of amidine groups is 1. The van der Waals surface area contributed by atoms with Gasteiger partial charge in [0.05, 0.1) is 6.61 Å². The van der Waals surface area contributed by atoms with Crippen LogP contribution in [0.4, 0.5) is 0 Å². The van der Waals surface area contributed by atoms with E-state index in [0.717, 1.165) is 16.9 Å². The van der Waals surface area contributed by atoms with Crippen LogP contribution in [-0.2, 0) is 13.2 Å². The van der Waals surface area contributed by atoms with E-state index in [9.17, 15) is 0 Å². The van der Waals surface area contributed by atoms with Crippen molar-refractivity contribution < 1.29 is 9.84 Å². The van der Waals surface area contributed by atoms with E-state index in [4.69, 9.17) is 21.0 Å². The summed E-state index contributed by atoms with van der Waals surface area (Å²) in [6, 6.07) is 14.7. The number of hydrogen-bond donors (Lipinski definition) is 3. The van der Waals surface area contributed by atoms with Gasteiger partial charge < -0.3 is 15.6 Å². The number of ether oxygens (including phenoxy) is 1. The van der Waals surface area contributed by atoms with Crippen LogP contribution >= 0.6 is 0 Å². The molecule has 0 amide bonds. The molecule has 0 spiro atoms. The van der Waals surface area contributed by atoms with E-state index < -0.39 is 0 Å². The topological polar surface area (TPSA) is 79.3 Å². The zero-order valence-electron chi connectivity index (χ0n) is 10.5. The summed E-state index contributed by atoms with van der Waals surface area (Å²) in [5.74, 6) is 0.755. The lowest BCUT2D eigenvalue weighted by Crippen LogP contribution is -2.14. The first-order chi connectivity index (χ1) is 9.20. The number of nitrogen functional groups attached to an aromatic ring is 1. The summed E-state index contributed by atoms with van der Waals surface area (Å²) in [6.45, 7) is 0.377. The number of nitrogens with two attached hydrogens (primary N) is 1. The highest BCUT2D eigenvalue weighted by molar-refractivity contribution is 5.96. The first kappa shape index (κ1) is 13.1. The molecule has 0 heterocycles. The highest BCUT2D eigenvalue weighted by Gasteiger charge is 2.05. The molecule has 2 aromatic carbocycles. The molecule has 0 saturated heterocycles. The summed E-state index contributed by atoms with van der Waals surface area (Å²) in [5, 5.41) is 16.5. The largest absolute Gasteiger partial charge is 0.489 e. The molecule has 0 unspecified atom stereocenters. The van der Waals surface area contributed by atoms with Gasteiger partial charge in [-0.2, -0.15) is 0 Å². The average molecular weight is 256 g/mol. The molecule has 98 valence electrons. The third-order valence-corrected chi connectivity index (χ3v) is 2.81. The lowest BCUT2D eigenvalue weighted by Gasteiger charge is -2.10. The molecule has 4 heteroatoms. The Hall–Kier alpha value is -2.33. The maximum Gasteiger partial charge on any atom is 0.123 e. The Morgan fingerprint density at radius 3 is 2.42 bits per heavy atom. The van der Waals surface area contributed by atoms with Gasteiger partial charge in [-0.1, -0.05) is 36.4 Å². The Kier molecular flexibility index (Phi) is 4.15. The van der Waals surface area contributed by atoms with E-state index in [1.165, 1.54) is 0 Å². The Labute approximate surface area is 112 Å². The van der Waals surface area contributed by atoms with Crippen molar-refractivity contribution in [3.05, 3.63) is 65.2 Å². The molecular formula is C15H16N2O2. The van der Waals surface area contributed by atoms with Gasteiger partial charge in [0.2, 0.25) is 0 Å². The Morgan fingerprint density at radius 1 is 1.11 bits per heavy atom. The summed E-state index contributed by atoms with van der Waals surface area (Å²) < 4.78 is 5.65. The molecule has 4 N–H and O–H groups in total. The average Bonchev–Trinajstić information content (AvgIpc) is 2.46. The number of benzene rings is 2. The first-order valence-electron chi connectivity index (χ1n) is 5.95. The van der Waals surface area contributed by atoms with Crippen LogP contribution in [0.15, 0.2) is 48.5 Å². The van der Waals surface area contributed by atoms with Gasteiger partial charge in [0.1, 0.15) is 18.2 Å². The van der Waals surface area contributed by atoms with Gasteiger partial charge in [-0.25, -0.2) is 0 Å². The van der Waals surface area contributed by atoms with E-state index >= 15 is 0 Å². The van der Waals surface area contributed by atoms with Crippen LogP contribution in [0.3, 0.4) is 0 Å². The SMILES string of the molecule is N=C(N)c1ccccc1COc1ccc(CO)cc1. The fourth-order valence-electron chi connectivity index (χ4n) is 1.76. The van der Waals surface area contributed by atoms with E-state index in [-0.39, 0.29) is 12.4 Å². The van der Waals surface area contributed by atoms with Crippen LogP contribution < -0.4 is 10.5 Å². The highest BCUT2D eigenvalue weighted by atomic mass is 16.5. The van der Waals surface area contributed by atoms with Crippen molar-refractivity contribution in [2.24, 2.45) is 5.73 Å². The van der Waals surface area contributed by atoms with Crippen molar-refractivity contribution in [1.82, 2.24) is 0 Å². The number of aliphatic hydroxyl groups is 1. The molecule has 0 fully saturated rings. The summed E-state index contributed by atoms with van der Waals surface area (Å²) in [4.78, 5) is 0. The molecule has 0 radical (unpaired) electrons. The van der Waals surface area contributed by atoms with E-state index in [1.807, 2.05) is 42.5 Å². The van der Waals surface area contributed by atoms with Gasteiger partial charge in [0.15, 0.2) is 0 Å². The molecule has 4 nitrogen and oxygen atoms in total. The third kappa shape index (κ3) is 3.33. The molecule has 0 aliphatic heterocycles. The second-order valence-electron chi connectivity index (χ2n) is 4.16. The molecule has 0 aliphatic carbocycles. The van der Waals surface area contributed by atoms with Crippen molar-refractivity contribution in [2.75, 3.05) is 0 Å². The number of hydrogen-bond acceptors (Lipinski definition) is 3. The fraction of sp³-hybridized carbons (Fsp3) is 0.133. The van der Waals surface area contributed by atoms with Crippen LogP contribution in [0.2, 0.25) is 0 Å². The summed E-state index contributed by atoms with van der Waals surface area (Å²) in [6.07, 6.45) is 0. The zero-order chi connectivity index (χ0) is 13.7. The van der Waals surface area contributed by atoms with Crippen molar-refractivity contribution in [1.29, 1.82) is 5.41 Å². The molecule has 2 rings (SSSR count). The number of aliphatic hydroxyl groups excluding tert-OH is 1. The normalized spacial score (nSPS) is 10.2. The summed E-state index contributed by atoms with van der Waals surface area (Å²) >= 11 is 0. The molecule has 0 atom stereocenters. The van der Waals surface area contributed by atoms with Crippen molar-refractivity contribution >= 4 is 5.84 Å². The monoisotopic (exact) mass is 256 g/mol. The first-order valence-corrected chi connectivity index (χ1v) is 5.95. The number of rotatable bonds is 5. The Morgan fingerprint density at radius 2 is 1.79 bits per heavy atom. The van der Waals surface area contributed by atoms with Crippen LogP contribution in [-0.4, -0.2) is 10.9 Å². The minimum absolute atomic E-state index is 0.0213.